The summed E-state index contributed by atoms with van der Waals surface area (Å²) in [4.78, 5) is 26.9. The van der Waals surface area contributed by atoms with E-state index in [9.17, 15) is 9.59 Å². The number of likely N-dealkylation sites (N-methyl/N-ethyl adjacent to an activating group) is 1. The van der Waals surface area contributed by atoms with Crippen molar-refractivity contribution >= 4 is 12.0 Å². The number of aliphatic carboxylic acids is 1. The Labute approximate surface area is 150 Å². The van der Waals surface area contributed by atoms with E-state index >= 15 is 0 Å². The van der Waals surface area contributed by atoms with Crippen molar-refractivity contribution in [1.29, 1.82) is 0 Å². The molecule has 1 saturated heterocycles. The first-order chi connectivity index (χ1) is 11.7. The van der Waals surface area contributed by atoms with Gasteiger partial charge in [-0.3, -0.25) is 9.69 Å². The molecule has 1 saturated carbocycles. The SMILES string of the molecule is CC1CC(C)(C)CCC1NC(=O)N1CCOC(CN(C)CC(=O)O)C1. The van der Waals surface area contributed by atoms with Crippen molar-refractivity contribution in [2.45, 2.75) is 52.2 Å². The standard InChI is InChI=1S/C18H33N3O4/c1-13-9-18(2,3)6-5-15(13)19-17(24)21-7-8-25-14(11-21)10-20(4)12-16(22)23/h13-15H,5-12H2,1-4H3,(H,19,24)(H,22,23). The highest BCUT2D eigenvalue weighted by molar-refractivity contribution is 5.74. The van der Waals surface area contributed by atoms with Crippen LogP contribution in [0.2, 0.25) is 0 Å². The molecule has 1 aliphatic carbocycles. The maximum atomic E-state index is 12.6. The molecule has 2 aliphatic rings. The molecule has 0 aromatic carbocycles. The van der Waals surface area contributed by atoms with E-state index in [1.807, 2.05) is 0 Å². The molecule has 2 rings (SSSR count). The third-order valence-corrected chi connectivity index (χ3v) is 5.35. The van der Waals surface area contributed by atoms with Crippen LogP contribution in [0.25, 0.3) is 0 Å². The summed E-state index contributed by atoms with van der Waals surface area (Å²) in [6.07, 6.45) is 3.14. The Morgan fingerprint density at radius 3 is 2.76 bits per heavy atom. The molecule has 144 valence electrons. The molecule has 0 bridgehead atoms. The van der Waals surface area contributed by atoms with Gasteiger partial charge in [-0.2, -0.15) is 0 Å². The van der Waals surface area contributed by atoms with Gasteiger partial charge in [0.2, 0.25) is 0 Å². The van der Waals surface area contributed by atoms with Crippen LogP contribution in [0, 0.1) is 11.3 Å². The van der Waals surface area contributed by atoms with E-state index in [0.717, 1.165) is 19.3 Å². The number of urea groups is 1. The number of nitrogens with zero attached hydrogens (tertiary/aromatic N) is 2. The molecule has 7 heteroatoms. The van der Waals surface area contributed by atoms with E-state index in [1.165, 1.54) is 0 Å². The first kappa shape index (κ1) is 20.0. The van der Waals surface area contributed by atoms with Gasteiger partial charge in [0.25, 0.3) is 0 Å². The molecule has 25 heavy (non-hydrogen) atoms. The molecule has 0 aromatic rings. The van der Waals surface area contributed by atoms with E-state index in [2.05, 4.69) is 26.1 Å². The molecule has 0 spiro atoms. The van der Waals surface area contributed by atoms with Crippen molar-refractivity contribution in [2.75, 3.05) is 39.8 Å². The lowest BCUT2D eigenvalue weighted by atomic mass is 9.70. The molecule has 2 N–H and O–H groups in total. The third kappa shape index (κ3) is 6.15. The zero-order chi connectivity index (χ0) is 18.6. The molecule has 3 atom stereocenters. The summed E-state index contributed by atoms with van der Waals surface area (Å²) in [6.45, 7) is 8.86. The van der Waals surface area contributed by atoms with Crippen molar-refractivity contribution in [3.63, 3.8) is 0 Å². The van der Waals surface area contributed by atoms with Gasteiger partial charge in [0.15, 0.2) is 0 Å². The van der Waals surface area contributed by atoms with Crippen LogP contribution in [0.5, 0.6) is 0 Å². The number of nitrogens with one attached hydrogen (secondary N) is 1. The van der Waals surface area contributed by atoms with Crippen LogP contribution in [0.15, 0.2) is 0 Å². The summed E-state index contributed by atoms with van der Waals surface area (Å²) in [5.41, 5.74) is 0.361. The number of hydrogen-bond donors (Lipinski definition) is 2. The predicted molar refractivity (Wildman–Crippen MR) is 95.6 cm³/mol. The summed E-state index contributed by atoms with van der Waals surface area (Å²) >= 11 is 0. The maximum absolute atomic E-state index is 12.6. The number of carbonyl (C=O) groups excluding carboxylic acids is 1. The second-order valence-electron chi connectivity index (χ2n) is 8.47. The molecule has 0 aromatic heterocycles. The van der Waals surface area contributed by atoms with Gasteiger partial charge >= 0.3 is 12.0 Å². The number of ether oxygens (including phenoxy) is 1. The number of amides is 2. The summed E-state index contributed by atoms with van der Waals surface area (Å²) < 4.78 is 5.69. The highest BCUT2D eigenvalue weighted by Crippen LogP contribution is 2.38. The first-order valence-electron chi connectivity index (χ1n) is 9.23. The van der Waals surface area contributed by atoms with Crippen LogP contribution in [0.4, 0.5) is 4.79 Å². The molecular formula is C18H33N3O4. The molecule has 7 nitrogen and oxygen atoms in total. The average molecular weight is 355 g/mol. The number of carboxylic acid groups (broad SMARTS) is 1. The minimum Gasteiger partial charge on any atom is -0.480 e. The summed E-state index contributed by atoms with van der Waals surface area (Å²) in [5, 5.41) is 12.0. The number of hydrogen-bond acceptors (Lipinski definition) is 4. The monoisotopic (exact) mass is 355 g/mol. The number of carbonyl (C=O) groups is 2. The van der Waals surface area contributed by atoms with Crippen LogP contribution >= 0.6 is 0 Å². The van der Waals surface area contributed by atoms with Gasteiger partial charge in [-0.05, 0) is 37.6 Å². The van der Waals surface area contributed by atoms with Crippen molar-refractivity contribution in [1.82, 2.24) is 15.1 Å². The molecule has 1 heterocycles. The van der Waals surface area contributed by atoms with Crippen molar-refractivity contribution in [2.24, 2.45) is 11.3 Å². The lowest BCUT2D eigenvalue weighted by molar-refractivity contribution is -0.138. The van der Waals surface area contributed by atoms with E-state index < -0.39 is 5.97 Å². The zero-order valence-electron chi connectivity index (χ0n) is 16.0. The van der Waals surface area contributed by atoms with Gasteiger partial charge in [-0.1, -0.05) is 20.8 Å². The highest BCUT2D eigenvalue weighted by Gasteiger charge is 2.34. The fourth-order valence-electron chi connectivity index (χ4n) is 4.07. The smallest absolute Gasteiger partial charge is 0.317 e. The van der Waals surface area contributed by atoms with Crippen molar-refractivity contribution in [3.8, 4) is 0 Å². The van der Waals surface area contributed by atoms with Crippen LogP contribution in [0.1, 0.15) is 40.0 Å². The lowest BCUT2D eigenvalue weighted by Crippen LogP contribution is -2.55. The Morgan fingerprint density at radius 2 is 2.12 bits per heavy atom. The van der Waals surface area contributed by atoms with Gasteiger partial charge in [-0.15, -0.1) is 0 Å². The Bertz CT molecular complexity index is 483. The Balaban J connectivity index is 1.82. The van der Waals surface area contributed by atoms with Gasteiger partial charge in [0, 0.05) is 25.7 Å². The Morgan fingerprint density at radius 1 is 1.40 bits per heavy atom. The molecule has 1 aliphatic heterocycles. The molecule has 2 fully saturated rings. The average Bonchev–Trinajstić information content (AvgIpc) is 2.49. The Hall–Kier alpha value is -1.34. The normalized spacial score (nSPS) is 29.5. The predicted octanol–water partition coefficient (Wildman–Crippen LogP) is 1.63. The summed E-state index contributed by atoms with van der Waals surface area (Å²) in [5.74, 6) is -0.381. The van der Waals surface area contributed by atoms with Crippen LogP contribution < -0.4 is 5.32 Å². The van der Waals surface area contributed by atoms with Crippen LogP contribution in [-0.2, 0) is 9.53 Å². The first-order valence-corrected chi connectivity index (χ1v) is 9.23. The fourth-order valence-corrected chi connectivity index (χ4v) is 4.07. The number of rotatable bonds is 5. The summed E-state index contributed by atoms with van der Waals surface area (Å²) in [7, 11) is 1.75. The Kier molecular flexibility index (Phi) is 6.68. The van der Waals surface area contributed by atoms with E-state index in [4.69, 9.17) is 9.84 Å². The second kappa shape index (κ2) is 8.36. The molecule has 2 amide bonds. The molecule has 3 unspecified atom stereocenters. The van der Waals surface area contributed by atoms with Gasteiger partial charge in [0.1, 0.15) is 0 Å². The molecule has 0 radical (unpaired) electrons. The summed E-state index contributed by atoms with van der Waals surface area (Å²) in [6, 6.07) is 0.210. The van der Waals surface area contributed by atoms with Crippen molar-refractivity contribution in [3.05, 3.63) is 0 Å². The third-order valence-electron chi connectivity index (χ3n) is 5.35. The second-order valence-corrected chi connectivity index (χ2v) is 8.47. The quantitative estimate of drug-likeness (QED) is 0.783. The number of carboxylic acids is 1. The molecular weight excluding hydrogens is 322 g/mol. The van der Waals surface area contributed by atoms with Crippen LogP contribution in [-0.4, -0.2) is 78.9 Å². The zero-order valence-corrected chi connectivity index (χ0v) is 16.0. The largest absolute Gasteiger partial charge is 0.480 e. The van der Waals surface area contributed by atoms with Gasteiger partial charge in [0.05, 0.1) is 19.3 Å². The van der Waals surface area contributed by atoms with E-state index in [-0.39, 0.29) is 24.7 Å². The fraction of sp³-hybridized carbons (Fsp3) is 0.889. The minimum absolute atomic E-state index is 0.0225. The van der Waals surface area contributed by atoms with E-state index in [1.54, 1.807) is 16.8 Å². The topological polar surface area (TPSA) is 82.1 Å². The van der Waals surface area contributed by atoms with Gasteiger partial charge in [-0.25, -0.2) is 4.79 Å². The van der Waals surface area contributed by atoms with E-state index in [0.29, 0.717) is 37.6 Å². The van der Waals surface area contributed by atoms with Crippen molar-refractivity contribution < 1.29 is 19.4 Å². The van der Waals surface area contributed by atoms with Crippen LogP contribution in [0.3, 0.4) is 0 Å². The maximum Gasteiger partial charge on any atom is 0.317 e. The minimum atomic E-state index is -0.859. The lowest BCUT2D eigenvalue weighted by Gasteiger charge is -2.41. The highest BCUT2D eigenvalue weighted by atomic mass is 16.5. The van der Waals surface area contributed by atoms with Gasteiger partial charge < -0.3 is 20.1 Å². The number of morpholine rings is 1.